The molecule has 2 heterocycles. The molecule has 35 heavy (non-hydrogen) atoms. The zero-order chi connectivity index (χ0) is 23.1. The number of hydrogen-bond acceptors (Lipinski definition) is 3. The van der Waals surface area contributed by atoms with E-state index in [1.54, 1.807) is 12.1 Å². The molecule has 0 fully saturated rings. The molecule has 1 radical (unpaired) electrons. The third-order valence-corrected chi connectivity index (χ3v) is 6.54. The van der Waals surface area contributed by atoms with Crippen LogP contribution in [-0.2, 0) is 32.9 Å². The molecule has 0 atom stereocenters. The number of nitrogens with zero attached hydrogens (tertiary/aromatic N) is 2. The summed E-state index contributed by atoms with van der Waals surface area (Å²) in [4.78, 5) is 18.8. The van der Waals surface area contributed by atoms with E-state index in [4.69, 9.17) is 10.1 Å². The molecule has 3 aromatic carbocycles. The van der Waals surface area contributed by atoms with Crippen LogP contribution in [0, 0.1) is 6.07 Å². The molecule has 0 spiro atoms. The molecule has 2 aliphatic rings. The molecule has 0 saturated heterocycles. The van der Waals surface area contributed by atoms with E-state index in [2.05, 4.69) is 65.6 Å². The van der Waals surface area contributed by atoms with Crippen molar-refractivity contribution in [1.29, 1.82) is 0 Å². The Kier molecular flexibility index (Phi) is 6.29. The van der Waals surface area contributed by atoms with Crippen molar-refractivity contribution < 1.29 is 30.0 Å². The van der Waals surface area contributed by atoms with E-state index in [1.165, 1.54) is 63.0 Å². The summed E-state index contributed by atoms with van der Waals surface area (Å²) in [7, 11) is 0. The maximum atomic E-state index is 10.1. The molecule has 1 N–H and O–H groups in total. The Morgan fingerprint density at radius 1 is 0.857 bits per heavy atom. The van der Waals surface area contributed by atoms with Gasteiger partial charge in [0.2, 0.25) is 0 Å². The summed E-state index contributed by atoms with van der Waals surface area (Å²) in [5.41, 5.74) is 11.8. The van der Waals surface area contributed by atoms with Gasteiger partial charge in [0.25, 0.3) is 0 Å². The minimum absolute atomic E-state index is 0. The fourth-order valence-electron chi connectivity index (χ4n) is 5.11. The first-order valence-electron chi connectivity index (χ1n) is 11.4. The first kappa shape index (κ1) is 23.1. The normalized spacial score (nSPS) is 12.2. The van der Waals surface area contributed by atoms with Gasteiger partial charge in [-0.05, 0) is 52.6 Å². The maximum Gasteiger partial charge on any atom is 0.354 e. The number of carbonyl (C=O) groups is 1. The van der Waals surface area contributed by atoms with Gasteiger partial charge in [-0.15, -0.1) is 35.4 Å². The standard InChI is InChI=1S/C24H16N.C6H5NO2.Ir/c1-2-9-16-15(7-1)8-5-13-20-22-18-11-4-3-10-17(18)19-12-6-14-21(23(19)22)25-24(16)20;8-6(9)5-3-1-2-4-7-5;/h1-4,6-7,10-12,14H,5,8,13H2;1-4H,(H,8,9);/q-1;;. The Labute approximate surface area is 217 Å². The van der Waals surface area contributed by atoms with Crippen molar-refractivity contribution in [3.05, 3.63) is 108 Å². The Bertz CT molecular complexity index is 1560. The second-order valence-corrected chi connectivity index (χ2v) is 8.50. The van der Waals surface area contributed by atoms with Crippen LogP contribution in [0.5, 0.6) is 0 Å². The second kappa shape index (κ2) is 9.53. The van der Waals surface area contributed by atoms with Gasteiger partial charge in [-0.2, -0.15) is 0 Å². The third-order valence-electron chi connectivity index (χ3n) is 6.54. The molecule has 0 amide bonds. The number of benzene rings is 3. The average molecular weight is 634 g/mol. The van der Waals surface area contributed by atoms with Crippen molar-refractivity contribution in [2.45, 2.75) is 19.3 Å². The number of pyridine rings is 2. The van der Waals surface area contributed by atoms with Gasteiger partial charge in [-0.25, -0.2) is 9.78 Å². The number of aromatic nitrogens is 2. The Morgan fingerprint density at radius 3 is 2.43 bits per heavy atom. The average Bonchev–Trinajstić information content (AvgIpc) is 3.11. The zero-order valence-electron chi connectivity index (χ0n) is 18.8. The largest absolute Gasteiger partial charge is 0.477 e. The molecule has 0 saturated carbocycles. The van der Waals surface area contributed by atoms with Gasteiger partial charge in [0.15, 0.2) is 0 Å². The van der Waals surface area contributed by atoms with Crippen molar-refractivity contribution in [3.63, 3.8) is 0 Å². The van der Waals surface area contributed by atoms with Crippen molar-refractivity contribution in [1.82, 2.24) is 9.97 Å². The molecule has 0 bridgehead atoms. The van der Waals surface area contributed by atoms with E-state index >= 15 is 0 Å². The van der Waals surface area contributed by atoms with E-state index < -0.39 is 5.97 Å². The monoisotopic (exact) mass is 634 g/mol. The number of hydrogen-bond donors (Lipinski definition) is 1. The van der Waals surface area contributed by atoms with Crippen molar-refractivity contribution >= 4 is 16.9 Å². The Morgan fingerprint density at radius 2 is 1.66 bits per heavy atom. The SMILES string of the molecule is O=C(O)c1ccccn1.[Ir].[c-]1cccc2c1-c1nc3cccc4c3c(c1CCC2)-c1ccccc1-4. The van der Waals surface area contributed by atoms with E-state index in [1.807, 2.05) is 6.07 Å². The topological polar surface area (TPSA) is 63.1 Å². The summed E-state index contributed by atoms with van der Waals surface area (Å²) in [6.45, 7) is 0. The summed E-state index contributed by atoms with van der Waals surface area (Å²) < 4.78 is 0. The van der Waals surface area contributed by atoms with Crippen LogP contribution in [-0.4, -0.2) is 21.0 Å². The molecule has 4 nitrogen and oxygen atoms in total. The van der Waals surface area contributed by atoms with Gasteiger partial charge < -0.3 is 5.11 Å². The van der Waals surface area contributed by atoms with Crippen molar-refractivity contribution in [2.24, 2.45) is 0 Å². The number of fused-ring (bicyclic) bond motifs is 7. The Hall–Kier alpha value is -3.66. The van der Waals surface area contributed by atoms with Crippen molar-refractivity contribution in [2.75, 3.05) is 0 Å². The summed E-state index contributed by atoms with van der Waals surface area (Å²) >= 11 is 0. The van der Waals surface area contributed by atoms with Gasteiger partial charge in [0, 0.05) is 31.7 Å². The van der Waals surface area contributed by atoms with Crippen LogP contribution in [0.4, 0.5) is 0 Å². The first-order valence-corrected chi connectivity index (χ1v) is 11.4. The van der Waals surface area contributed by atoms with E-state index in [-0.39, 0.29) is 25.8 Å². The number of aryl methyl sites for hydroxylation is 1. The van der Waals surface area contributed by atoms with E-state index in [0.717, 1.165) is 24.1 Å². The van der Waals surface area contributed by atoms with Gasteiger partial charge in [0.1, 0.15) is 5.69 Å². The van der Waals surface area contributed by atoms with Gasteiger partial charge in [-0.3, -0.25) is 4.98 Å². The van der Waals surface area contributed by atoms with Crippen LogP contribution in [0.1, 0.15) is 28.0 Å². The smallest absolute Gasteiger partial charge is 0.354 e. The summed E-state index contributed by atoms with van der Waals surface area (Å²) in [5.74, 6) is -0.990. The maximum absolute atomic E-state index is 10.1. The molecule has 0 unspecified atom stereocenters. The molecular formula is C30H21IrN2O2-. The van der Waals surface area contributed by atoms with Crippen LogP contribution in [0.25, 0.3) is 44.4 Å². The summed E-state index contributed by atoms with van der Waals surface area (Å²) in [5, 5.41) is 9.66. The fourth-order valence-corrected chi connectivity index (χ4v) is 5.11. The number of carboxylic acid groups (broad SMARTS) is 1. The molecule has 0 aliphatic heterocycles. The van der Waals surface area contributed by atoms with Crippen LogP contribution >= 0.6 is 0 Å². The van der Waals surface area contributed by atoms with E-state index in [9.17, 15) is 4.79 Å². The van der Waals surface area contributed by atoms with E-state index in [0.29, 0.717) is 0 Å². The van der Waals surface area contributed by atoms with Crippen LogP contribution < -0.4 is 0 Å². The molecule has 5 heteroatoms. The van der Waals surface area contributed by atoms with Crippen LogP contribution in [0.2, 0.25) is 0 Å². The molecule has 173 valence electrons. The Balaban J connectivity index is 0.000000217. The van der Waals surface area contributed by atoms with Crippen LogP contribution in [0.3, 0.4) is 0 Å². The molecule has 2 aliphatic carbocycles. The fraction of sp³-hybridized carbons (Fsp3) is 0.100. The number of carboxylic acids is 1. The minimum atomic E-state index is -0.990. The second-order valence-electron chi connectivity index (χ2n) is 8.50. The molecule has 5 aromatic rings. The van der Waals surface area contributed by atoms with Gasteiger partial charge in [-0.1, -0.05) is 60.9 Å². The minimum Gasteiger partial charge on any atom is -0.477 e. The predicted molar refractivity (Wildman–Crippen MR) is 134 cm³/mol. The third kappa shape index (κ3) is 3.97. The summed E-state index contributed by atoms with van der Waals surface area (Å²) in [6, 6.07) is 29.9. The molecule has 7 rings (SSSR count). The zero-order valence-corrected chi connectivity index (χ0v) is 21.2. The first-order chi connectivity index (χ1) is 16.7. The molecule has 2 aromatic heterocycles. The predicted octanol–water partition coefficient (Wildman–Crippen LogP) is 6.62. The number of rotatable bonds is 1. The number of aromatic carboxylic acids is 1. The van der Waals surface area contributed by atoms with Crippen molar-refractivity contribution in [3.8, 4) is 33.5 Å². The quantitative estimate of drug-likeness (QED) is 0.207. The van der Waals surface area contributed by atoms with Gasteiger partial charge >= 0.3 is 5.97 Å². The summed E-state index contributed by atoms with van der Waals surface area (Å²) in [6.07, 6.45) is 4.80. The molecular weight excluding hydrogens is 613 g/mol. The van der Waals surface area contributed by atoms with Gasteiger partial charge in [0.05, 0.1) is 5.52 Å². The van der Waals surface area contributed by atoms with Crippen LogP contribution in [0.15, 0.2) is 85.1 Å².